The van der Waals surface area contributed by atoms with E-state index in [2.05, 4.69) is 20.3 Å². The number of aromatic nitrogens is 4. The van der Waals surface area contributed by atoms with Gasteiger partial charge < -0.3 is 20.5 Å². The Kier molecular flexibility index (Phi) is 5.68. The number of fused-ring (bicyclic) bond motifs is 1. The van der Waals surface area contributed by atoms with E-state index in [4.69, 9.17) is 17.3 Å². The molecule has 3 heterocycles. The number of nitrogen functional groups attached to an aromatic ring is 1. The molecule has 1 saturated heterocycles. The fourth-order valence-electron chi connectivity index (χ4n) is 3.78. The van der Waals surface area contributed by atoms with E-state index in [9.17, 15) is 18.4 Å². The number of anilines is 1. The Morgan fingerprint density at radius 3 is 2.91 bits per heavy atom. The van der Waals surface area contributed by atoms with E-state index in [0.29, 0.717) is 11.2 Å². The zero-order chi connectivity index (χ0) is 23.0. The van der Waals surface area contributed by atoms with E-state index < -0.39 is 29.3 Å². The lowest BCUT2D eigenvalue weighted by molar-refractivity contribution is -0.139. The van der Waals surface area contributed by atoms with Gasteiger partial charge in [-0.1, -0.05) is 23.7 Å². The van der Waals surface area contributed by atoms with Crippen LogP contribution in [0.3, 0.4) is 0 Å². The fourth-order valence-corrected chi connectivity index (χ4v) is 3.97. The lowest BCUT2D eigenvalue weighted by Gasteiger charge is -2.24. The summed E-state index contributed by atoms with van der Waals surface area (Å²) in [7, 11) is 0. The van der Waals surface area contributed by atoms with Gasteiger partial charge in [-0.05, 0) is 13.0 Å². The number of hydrogen-bond acceptors (Lipinski definition) is 6. The Balaban J connectivity index is 1.50. The largest absolute Gasteiger partial charge is 0.382 e. The number of benzene rings is 1. The minimum absolute atomic E-state index is 0.0669. The summed E-state index contributed by atoms with van der Waals surface area (Å²) in [6.45, 7) is 0.724. The predicted octanol–water partition coefficient (Wildman–Crippen LogP) is 1.85. The van der Waals surface area contributed by atoms with Crippen LogP contribution in [0.2, 0.25) is 5.02 Å². The molecule has 0 saturated carbocycles. The molecule has 1 aliphatic rings. The summed E-state index contributed by atoms with van der Waals surface area (Å²) >= 11 is 5.76. The maximum atomic E-state index is 14.8. The number of carbonyl (C=O) groups is 2. The number of nitrogens with one attached hydrogen (secondary N) is 1. The quantitative estimate of drug-likeness (QED) is 0.596. The molecule has 32 heavy (non-hydrogen) atoms. The molecule has 168 valence electrons. The molecule has 0 aliphatic carbocycles. The molecule has 2 amide bonds. The normalized spacial score (nSPS) is 20.6. The van der Waals surface area contributed by atoms with Gasteiger partial charge in [-0.3, -0.25) is 9.59 Å². The number of likely N-dealkylation sites (tertiary alicyclic amines) is 1. The van der Waals surface area contributed by atoms with Crippen molar-refractivity contribution in [3.63, 3.8) is 0 Å². The molecule has 1 aliphatic heterocycles. The fraction of sp³-hybridized carbons (Fsp3) is 0.350. The molecule has 0 bridgehead atoms. The Bertz CT molecular complexity index is 1200. The number of halogens is 3. The first-order valence-corrected chi connectivity index (χ1v) is 10.1. The summed E-state index contributed by atoms with van der Waals surface area (Å²) in [5.41, 5.74) is 4.90. The summed E-state index contributed by atoms with van der Waals surface area (Å²) in [5.74, 6) is -1.54. The van der Waals surface area contributed by atoms with Crippen LogP contribution >= 0.6 is 11.6 Å². The molecule has 12 heteroatoms. The second-order valence-corrected chi connectivity index (χ2v) is 8.30. The first kappa shape index (κ1) is 21.9. The number of alkyl halides is 1. The number of carbonyl (C=O) groups excluding carboxylic acids is 2. The number of amides is 2. The van der Waals surface area contributed by atoms with Crippen molar-refractivity contribution >= 4 is 40.4 Å². The minimum atomic E-state index is -1.75. The summed E-state index contributed by atoms with van der Waals surface area (Å²) in [6, 6.07) is 3.39. The smallest absolute Gasteiger partial charge is 0.243 e. The third-order valence-electron chi connectivity index (χ3n) is 5.34. The summed E-state index contributed by atoms with van der Waals surface area (Å²) in [6.07, 6.45) is 2.46. The van der Waals surface area contributed by atoms with Crippen LogP contribution in [0.4, 0.5) is 14.6 Å². The first-order chi connectivity index (χ1) is 15.2. The Morgan fingerprint density at radius 2 is 2.12 bits per heavy atom. The van der Waals surface area contributed by atoms with Gasteiger partial charge in [-0.2, -0.15) is 0 Å². The number of imidazole rings is 1. The number of nitrogens with two attached hydrogens (primary N) is 1. The highest BCUT2D eigenvalue weighted by molar-refractivity contribution is 6.30. The summed E-state index contributed by atoms with van der Waals surface area (Å²) in [4.78, 5) is 39.0. The molecule has 1 fully saturated rings. The third-order valence-corrected chi connectivity index (χ3v) is 5.63. The van der Waals surface area contributed by atoms with Crippen molar-refractivity contribution in [2.24, 2.45) is 0 Å². The van der Waals surface area contributed by atoms with Gasteiger partial charge in [-0.25, -0.2) is 23.7 Å². The van der Waals surface area contributed by atoms with E-state index >= 15 is 0 Å². The van der Waals surface area contributed by atoms with Crippen molar-refractivity contribution in [3.05, 3.63) is 47.3 Å². The Morgan fingerprint density at radius 1 is 1.34 bits per heavy atom. The first-order valence-electron chi connectivity index (χ1n) is 9.76. The maximum Gasteiger partial charge on any atom is 0.243 e. The zero-order valence-corrected chi connectivity index (χ0v) is 17.8. The van der Waals surface area contributed by atoms with Gasteiger partial charge in [0.15, 0.2) is 11.5 Å². The van der Waals surface area contributed by atoms with Crippen LogP contribution in [-0.4, -0.2) is 54.5 Å². The maximum absolute atomic E-state index is 14.8. The van der Waals surface area contributed by atoms with Crippen LogP contribution in [0.25, 0.3) is 11.2 Å². The lowest BCUT2D eigenvalue weighted by atomic mass is 10.0. The van der Waals surface area contributed by atoms with Crippen LogP contribution in [0.5, 0.6) is 0 Å². The minimum Gasteiger partial charge on any atom is -0.382 e. The van der Waals surface area contributed by atoms with Crippen LogP contribution in [0, 0.1) is 5.82 Å². The molecule has 0 radical (unpaired) electrons. The van der Waals surface area contributed by atoms with Crippen molar-refractivity contribution in [2.45, 2.75) is 38.1 Å². The Hall–Kier alpha value is -3.34. The zero-order valence-electron chi connectivity index (χ0n) is 17.1. The highest BCUT2D eigenvalue weighted by Gasteiger charge is 2.46. The highest BCUT2D eigenvalue weighted by atomic mass is 35.5. The van der Waals surface area contributed by atoms with E-state index in [1.807, 2.05) is 0 Å². The van der Waals surface area contributed by atoms with Crippen molar-refractivity contribution in [2.75, 3.05) is 12.3 Å². The number of nitrogens with zero attached hydrogens (tertiary/aromatic N) is 5. The SMILES string of the molecule is C[C@@]1(F)C[C@H](C(=O)NCc2cccc(Cl)c2F)N(C(=O)Cn2cnc3c(N)ncnc32)C1. The monoisotopic (exact) mass is 463 g/mol. The van der Waals surface area contributed by atoms with Gasteiger partial charge in [0.1, 0.15) is 35.9 Å². The molecule has 0 spiro atoms. The summed E-state index contributed by atoms with van der Waals surface area (Å²) in [5, 5.41) is 2.51. The second-order valence-electron chi connectivity index (χ2n) is 7.89. The van der Waals surface area contributed by atoms with Gasteiger partial charge in [-0.15, -0.1) is 0 Å². The van der Waals surface area contributed by atoms with E-state index in [1.54, 1.807) is 6.07 Å². The lowest BCUT2D eigenvalue weighted by Crippen LogP contribution is -2.46. The van der Waals surface area contributed by atoms with Crippen molar-refractivity contribution in [1.82, 2.24) is 29.7 Å². The van der Waals surface area contributed by atoms with Gasteiger partial charge in [0.05, 0.1) is 17.9 Å². The Labute approximate surface area is 186 Å². The van der Waals surface area contributed by atoms with Gasteiger partial charge in [0.25, 0.3) is 0 Å². The van der Waals surface area contributed by atoms with Crippen molar-refractivity contribution in [1.29, 1.82) is 0 Å². The molecule has 4 rings (SSSR count). The number of rotatable bonds is 5. The molecule has 0 unspecified atom stereocenters. The number of hydrogen-bond donors (Lipinski definition) is 2. The van der Waals surface area contributed by atoms with E-state index in [0.717, 1.165) is 0 Å². The summed E-state index contributed by atoms with van der Waals surface area (Å²) < 4.78 is 30.3. The van der Waals surface area contributed by atoms with Gasteiger partial charge >= 0.3 is 0 Å². The molecular weight excluding hydrogens is 444 g/mol. The second kappa shape index (κ2) is 8.30. The van der Waals surface area contributed by atoms with Crippen LogP contribution < -0.4 is 11.1 Å². The topological polar surface area (TPSA) is 119 Å². The highest BCUT2D eigenvalue weighted by Crippen LogP contribution is 2.31. The van der Waals surface area contributed by atoms with Crippen molar-refractivity contribution < 1.29 is 18.4 Å². The molecule has 1 aromatic carbocycles. The van der Waals surface area contributed by atoms with Crippen LogP contribution in [0.1, 0.15) is 18.9 Å². The molecule has 2 aromatic heterocycles. The van der Waals surface area contributed by atoms with Gasteiger partial charge in [0, 0.05) is 18.5 Å². The van der Waals surface area contributed by atoms with Crippen molar-refractivity contribution in [3.8, 4) is 0 Å². The molecule has 3 N–H and O–H groups in total. The molecule has 2 atom stereocenters. The average Bonchev–Trinajstić information content (AvgIpc) is 3.30. The molecule has 9 nitrogen and oxygen atoms in total. The van der Waals surface area contributed by atoms with Crippen LogP contribution in [0.15, 0.2) is 30.9 Å². The molecular formula is C20H20ClF2N7O2. The van der Waals surface area contributed by atoms with Crippen LogP contribution in [-0.2, 0) is 22.7 Å². The van der Waals surface area contributed by atoms with Gasteiger partial charge in [0.2, 0.25) is 11.8 Å². The standard InChI is InChI=1S/C20H20ClF2N7O2/c1-20(23)5-13(19(32)25-6-11-3-2-4-12(21)15(11)22)30(8-20)14(31)7-29-10-28-16-17(24)26-9-27-18(16)29/h2-4,9-10,13H,5-8H2,1H3,(H,25,32)(H2,24,26,27)/t13-,20-/m1/s1. The molecule has 3 aromatic rings. The predicted molar refractivity (Wildman–Crippen MR) is 113 cm³/mol. The van der Waals surface area contributed by atoms with E-state index in [1.165, 1.54) is 41.2 Å². The average molecular weight is 464 g/mol. The van der Waals surface area contributed by atoms with E-state index in [-0.39, 0.29) is 42.5 Å². The third kappa shape index (κ3) is 4.20.